The summed E-state index contributed by atoms with van der Waals surface area (Å²) in [6, 6.07) is 10.3. The predicted octanol–water partition coefficient (Wildman–Crippen LogP) is 1.64. The number of nitro groups is 1. The van der Waals surface area contributed by atoms with Gasteiger partial charge in [0.25, 0.3) is 5.69 Å². The fourth-order valence-corrected chi connectivity index (χ4v) is 2.30. The molecule has 0 spiro atoms. The van der Waals surface area contributed by atoms with Crippen LogP contribution in [0.4, 0.5) is 20.6 Å². The van der Waals surface area contributed by atoms with E-state index < -0.39 is 47.0 Å². The second kappa shape index (κ2) is 8.92. The molecule has 0 aromatic heterocycles. The average Bonchev–Trinajstić information content (AvgIpc) is 2.66. The first-order chi connectivity index (χ1) is 12.8. The first-order valence-electron chi connectivity index (χ1n) is 7.83. The summed E-state index contributed by atoms with van der Waals surface area (Å²) < 4.78 is 18.5. The van der Waals surface area contributed by atoms with E-state index in [-0.39, 0.29) is 12.2 Å². The Bertz CT molecular complexity index is 818. The molecule has 144 valence electrons. The van der Waals surface area contributed by atoms with E-state index in [2.05, 4.69) is 5.32 Å². The predicted molar refractivity (Wildman–Crippen MR) is 93.1 cm³/mol. The lowest BCUT2D eigenvalue weighted by Gasteiger charge is -2.20. The number of nitrogens with one attached hydrogen (secondary N) is 1. The van der Waals surface area contributed by atoms with E-state index in [1.807, 2.05) is 6.07 Å². The standard InChI is InChI=1S/C17H18FN3O6/c18-11-6-12(15(19)13(7-11)21(25)26)16(23)14(22)8-20-17(24)27-9-10-4-2-1-3-5-10/h1-7,14,16,22-23H,8-9,19H2,(H,20,24). The Hall–Kier alpha value is -3.24. The molecule has 2 unspecified atom stereocenters. The molecule has 0 fully saturated rings. The lowest BCUT2D eigenvalue weighted by atomic mass is 10.0. The van der Waals surface area contributed by atoms with E-state index in [1.54, 1.807) is 24.3 Å². The zero-order chi connectivity index (χ0) is 20.0. The highest BCUT2D eigenvalue weighted by Crippen LogP contribution is 2.32. The van der Waals surface area contributed by atoms with E-state index in [9.17, 15) is 29.5 Å². The molecule has 0 radical (unpaired) electrons. The maximum atomic E-state index is 13.5. The number of nitrogens with zero attached hydrogens (tertiary/aromatic N) is 1. The zero-order valence-corrected chi connectivity index (χ0v) is 14.0. The zero-order valence-electron chi connectivity index (χ0n) is 14.0. The maximum absolute atomic E-state index is 13.5. The molecule has 0 aliphatic heterocycles. The van der Waals surface area contributed by atoms with Crippen LogP contribution < -0.4 is 11.1 Å². The van der Waals surface area contributed by atoms with Crippen LogP contribution in [0, 0.1) is 15.9 Å². The number of nitrogens with two attached hydrogens (primary N) is 1. The number of aliphatic hydroxyl groups is 2. The quantitative estimate of drug-likeness (QED) is 0.325. The van der Waals surface area contributed by atoms with Gasteiger partial charge in [0.1, 0.15) is 30.3 Å². The molecule has 0 aliphatic carbocycles. The van der Waals surface area contributed by atoms with Gasteiger partial charge in [-0.3, -0.25) is 10.1 Å². The minimum absolute atomic E-state index is 0.00830. The largest absolute Gasteiger partial charge is 0.445 e. The van der Waals surface area contributed by atoms with Crippen molar-refractivity contribution in [2.24, 2.45) is 0 Å². The number of hydrogen-bond acceptors (Lipinski definition) is 7. The van der Waals surface area contributed by atoms with Crippen LogP contribution in [0.25, 0.3) is 0 Å². The Balaban J connectivity index is 1.94. The van der Waals surface area contributed by atoms with Gasteiger partial charge in [-0.05, 0) is 11.6 Å². The molecule has 2 aromatic carbocycles. The van der Waals surface area contributed by atoms with Crippen LogP contribution in [0.15, 0.2) is 42.5 Å². The Morgan fingerprint density at radius 3 is 2.59 bits per heavy atom. The summed E-state index contributed by atoms with van der Waals surface area (Å²) >= 11 is 0. The van der Waals surface area contributed by atoms with Crippen molar-refractivity contribution in [2.45, 2.75) is 18.8 Å². The van der Waals surface area contributed by atoms with Gasteiger partial charge in [-0.2, -0.15) is 0 Å². The number of halogens is 1. The van der Waals surface area contributed by atoms with Gasteiger partial charge in [-0.15, -0.1) is 0 Å². The van der Waals surface area contributed by atoms with E-state index in [0.29, 0.717) is 6.07 Å². The number of amides is 1. The molecule has 2 aromatic rings. The van der Waals surface area contributed by atoms with E-state index in [1.165, 1.54) is 0 Å². The third kappa shape index (κ3) is 5.36. The highest BCUT2D eigenvalue weighted by molar-refractivity contribution is 5.67. The van der Waals surface area contributed by atoms with Crippen LogP contribution in [-0.2, 0) is 11.3 Å². The summed E-state index contributed by atoms with van der Waals surface area (Å²) in [6.45, 7) is -0.438. The molecule has 0 aliphatic rings. The van der Waals surface area contributed by atoms with Crippen molar-refractivity contribution < 1.29 is 29.1 Å². The third-order valence-electron chi connectivity index (χ3n) is 3.70. The van der Waals surface area contributed by atoms with Gasteiger partial charge in [-0.25, -0.2) is 9.18 Å². The minimum Gasteiger partial charge on any atom is -0.445 e. The number of carbonyl (C=O) groups excluding carboxylic acids is 1. The van der Waals surface area contributed by atoms with Gasteiger partial charge in [0.2, 0.25) is 0 Å². The summed E-state index contributed by atoms with van der Waals surface area (Å²) in [5.41, 5.74) is 4.77. The van der Waals surface area contributed by atoms with Crippen molar-refractivity contribution in [1.82, 2.24) is 5.32 Å². The minimum atomic E-state index is -1.76. The van der Waals surface area contributed by atoms with E-state index >= 15 is 0 Å². The van der Waals surface area contributed by atoms with Crippen molar-refractivity contribution in [3.63, 3.8) is 0 Å². The Morgan fingerprint density at radius 1 is 1.30 bits per heavy atom. The SMILES string of the molecule is Nc1c(C(O)C(O)CNC(=O)OCc2ccccc2)cc(F)cc1[N+](=O)[O-]. The monoisotopic (exact) mass is 379 g/mol. The molecular formula is C17H18FN3O6. The number of anilines is 1. The first kappa shape index (κ1) is 20.1. The molecule has 10 heteroatoms. The molecule has 5 N–H and O–H groups in total. The van der Waals surface area contributed by atoms with Gasteiger partial charge >= 0.3 is 6.09 Å². The van der Waals surface area contributed by atoms with Gasteiger partial charge in [0.15, 0.2) is 0 Å². The number of alkyl carbamates (subject to hydrolysis) is 1. The van der Waals surface area contributed by atoms with Crippen molar-refractivity contribution in [1.29, 1.82) is 0 Å². The normalized spacial score (nSPS) is 12.9. The Kier molecular flexibility index (Phi) is 6.63. The first-order valence-corrected chi connectivity index (χ1v) is 7.83. The van der Waals surface area contributed by atoms with Gasteiger partial charge in [0, 0.05) is 12.1 Å². The van der Waals surface area contributed by atoms with E-state index in [0.717, 1.165) is 11.6 Å². The summed E-state index contributed by atoms with van der Waals surface area (Å²) in [5, 5.41) is 33.2. The van der Waals surface area contributed by atoms with Crippen molar-refractivity contribution in [3.8, 4) is 0 Å². The molecule has 0 bridgehead atoms. The fraction of sp³-hybridized carbons (Fsp3) is 0.235. The number of carbonyl (C=O) groups is 1. The van der Waals surface area contributed by atoms with Crippen molar-refractivity contribution >= 4 is 17.5 Å². The van der Waals surface area contributed by atoms with Gasteiger partial charge < -0.3 is 26.0 Å². The average molecular weight is 379 g/mol. The van der Waals surface area contributed by atoms with Crippen LogP contribution in [0.2, 0.25) is 0 Å². The van der Waals surface area contributed by atoms with E-state index in [4.69, 9.17) is 10.5 Å². The molecule has 2 atom stereocenters. The van der Waals surface area contributed by atoms with Gasteiger partial charge in [-0.1, -0.05) is 30.3 Å². The molecule has 1 amide bonds. The van der Waals surface area contributed by atoms with Crippen molar-refractivity contribution in [3.05, 3.63) is 69.5 Å². The topological polar surface area (TPSA) is 148 Å². The summed E-state index contributed by atoms with van der Waals surface area (Å²) in [6.07, 6.45) is -4.20. The van der Waals surface area contributed by atoms with Crippen LogP contribution in [0.3, 0.4) is 0 Å². The van der Waals surface area contributed by atoms with Crippen molar-refractivity contribution in [2.75, 3.05) is 12.3 Å². The Morgan fingerprint density at radius 2 is 1.96 bits per heavy atom. The van der Waals surface area contributed by atoms with Crippen LogP contribution in [0.1, 0.15) is 17.2 Å². The highest BCUT2D eigenvalue weighted by atomic mass is 19.1. The highest BCUT2D eigenvalue weighted by Gasteiger charge is 2.27. The lowest BCUT2D eigenvalue weighted by Crippen LogP contribution is -2.36. The molecule has 0 saturated carbocycles. The second-order valence-electron chi connectivity index (χ2n) is 5.64. The number of ether oxygens (including phenoxy) is 1. The maximum Gasteiger partial charge on any atom is 0.407 e. The van der Waals surface area contributed by atoms with Gasteiger partial charge in [0.05, 0.1) is 11.0 Å². The number of aliphatic hydroxyl groups excluding tert-OH is 2. The fourth-order valence-electron chi connectivity index (χ4n) is 2.30. The summed E-state index contributed by atoms with van der Waals surface area (Å²) in [4.78, 5) is 21.6. The summed E-state index contributed by atoms with van der Waals surface area (Å²) in [7, 11) is 0. The number of rotatable bonds is 7. The second-order valence-corrected chi connectivity index (χ2v) is 5.64. The third-order valence-corrected chi connectivity index (χ3v) is 3.70. The molecule has 2 rings (SSSR count). The number of nitrogen functional groups attached to an aromatic ring is 1. The van der Waals surface area contributed by atoms with Crippen LogP contribution >= 0.6 is 0 Å². The van der Waals surface area contributed by atoms with Crippen LogP contribution in [0.5, 0.6) is 0 Å². The van der Waals surface area contributed by atoms with Crippen LogP contribution in [-0.4, -0.2) is 33.9 Å². The molecule has 0 heterocycles. The number of hydrogen-bond donors (Lipinski definition) is 4. The summed E-state index contributed by atoms with van der Waals surface area (Å²) in [5.74, 6) is -0.993. The molecule has 0 saturated heterocycles. The lowest BCUT2D eigenvalue weighted by molar-refractivity contribution is -0.384. The smallest absolute Gasteiger partial charge is 0.407 e. The molecular weight excluding hydrogens is 361 g/mol. The molecule has 9 nitrogen and oxygen atoms in total. The number of nitro benzene ring substituents is 1. The molecule has 27 heavy (non-hydrogen) atoms. The number of benzene rings is 2. The Labute approximate surface area is 153 Å².